The van der Waals surface area contributed by atoms with Gasteiger partial charge in [0.1, 0.15) is 0 Å². The number of carbonyl (C=O) groups is 1. The fraction of sp³-hybridized carbons (Fsp3) is 0.929. The molecule has 0 fully saturated rings. The number of rotatable bonds is 9. The quantitative estimate of drug-likeness (QED) is 0.605. The molecule has 0 radical (unpaired) electrons. The summed E-state index contributed by atoms with van der Waals surface area (Å²) in [6.07, 6.45) is 0. The predicted octanol–water partition coefficient (Wildman–Crippen LogP) is 2.69. The van der Waals surface area contributed by atoms with E-state index in [0.29, 0.717) is 11.8 Å². The molecule has 0 aliphatic rings. The molecule has 0 aromatic heterocycles. The second-order valence-electron chi connectivity index (χ2n) is 5.26. The van der Waals surface area contributed by atoms with Crippen molar-refractivity contribution in [2.45, 2.75) is 34.6 Å². The number of nitrogens with zero attached hydrogens (tertiary/aromatic N) is 2. The maximum atomic E-state index is 12.2. The summed E-state index contributed by atoms with van der Waals surface area (Å²) < 4.78 is 0. The fourth-order valence-corrected chi connectivity index (χ4v) is 2.04. The van der Waals surface area contributed by atoms with E-state index in [1.54, 1.807) is 0 Å². The standard InChI is InChI=1S/C14H29ClN2O/c1-6-16(7-2)8-9-17(11-12(3)4)14(18)13(5)10-15/h12-13H,6-11H2,1-5H3. The van der Waals surface area contributed by atoms with Crippen LogP contribution in [0, 0.1) is 11.8 Å². The third kappa shape index (κ3) is 6.60. The van der Waals surface area contributed by atoms with Gasteiger partial charge in [-0.2, -0.15) is 0 Å². The number of hydrogen-bond donors (Lipinski definition) is 0. The van der Waals surface area contributed by atoms with Gasteiger partial charge in [-0.25, -0.2) is 0 Å². The summed E-state index contributed by atoms with van der Waals surface area (Å²) >= 11 is 5.79. The van der Waals surface area contributed by atoms with Gasteiger partial charge in [0, 0.05) is 31.4 Å². The summed E-state index contributed by atoms with van der Waals surface area (Å²) in [5.41, 5.74) is 0. The Balaban J connectivity index is 4.44. The first-order valence-electron chi connectivity index (χ1n) is 7.03. The molecule has 0 saturated heterocycles. The largest absolute Gasteiger partial charge is 0.341 e. The Morgan fingerprint density at radius 2 is 1.67 bits per heavy atom. The molecule has 0 bridgehead atoms. The molecule has 108 valence electrons. The number of hydrogen-bond acceptors (Lipinski definition) is 2. The lowest BCUT2D eigenvalue weighted by Gasteiger charge is -2.29. The third-order valence-corrected chi connectivity index (χ3v) is 3.59. The van der Waals surface area contributed by atoms with Crippen LogP contribution in [0.1, 0.15) is 34.6 Å². The van der Waals surface area contributed by atoms with Crippen LogP contribution in [0.25, 0.3) is 0 Å². The number of amides is 1. The highest BCUT2D eigenvalue weighted by atomic mass is 35.5. The van der Waals surface area contributed by atoms with Gasteiger partial charge in [-0.1, -0.05) is 34.6 Å². The highest BCUT2D eigenvalue weighted by molar-refractivity contribution is 6.19. The molecule has 0 aliphatic carbocycles. The normalized spacial score (nSPS) is 13.1. The van der Waals surface area contributed by atoms with E-state index < -0.39 is 0 Å². The Kier molecular flexibility index (Phi) is 9.47. The summed E-state index contributed by atoms with van der Waals surface area (Å²) in [4.78, 5) is 16.5. The molecule has 0 saturated carbocycles. The van der Waals surface area contributed by atoms with Crippen molar-refractivity contribution >= 4 is 17.5 Å². The van der Waals surface area contributed by atoms with E-state index >= 15 is 0 Å². The molecule has 1 unspecified atom stereocenters. The van der Waals surface area contributed by atoms with E-state index in [4.69, 9.17) is 11.6 Å². The summed E-state index contributed by atoms with van der Waals surface area (Å²) in [6, 6.07) is 0. The number of carbonyl (C=O) groups excluding carboxylic acids is 1. The fourth-order valence-electron chi connectivity index (χ4n) is 1.91. The van der Waals surface area contributed by atoms with E-state index in [9.17, 15) is 4.79 Å². The van der Waals surface area contributed by atoms with E-state index in [1.165, 1.54) is 0 Å². The molecule has 0 aliphatic heterocycles. The first-order valence-corrected chi connectivity index (χ1v) is 7.56. The first kappa shape index (κ1) is 17.7. The molecule has 0 rings (SSSR count). The highest BCUT2D eigenvalue weighted by Crippen LogP contribution is 2.08. The van der Waals surface area contributed by atoms with E-state index in [-0.39, 0.29) is 11.8 Å². The van der Waals surface area contributed by atoms with Crippen molar-refractivity contribution in [3.05, 3.63) is 0 Å². The smallest absolute Gasteiger partial charge is 0.226 e. The zero-order valence-corrected chi connectivity index (χ0v) is 13.3. The minimum absolute atomic E-state index is 0.0814. The van der Waals surface area contributed by atoms with Crippen LogP contribution in [0.4, 0.5) is 0 Å². The van der Waals surface area contributed by atoms with Crippen LogP contribution in [0.3, 0.4) is 0 Å². The monoisotopic (exact) mass is 276 g/mol. The Morgan fingerprint density at radius 3 is 2.06 bits per heavy atom. The van der Waals surface area contributed by atoms with E-state index in [1.807, 2.05) is 11.8 Å². The summed E-state index contributed by atoms with van der Waals surface area (Å²) in [6.45, 7) is 15.1. The number of halogens is 1. The molecule has 0 N–H and O–H groups in total. The van der Waals surface area contributed by atoms with E-state index in [2.05, 4.69) is 32.6 Å². The number of likely N-dealkylation sites (N-methyl/N-ethyl adjacent to an activating group) is 1. The average molecular weight is 277 g/mol. The Hall–Kier alpha value is -0.280. The molecular weight excluding hydrogens is 248 g/mol. The SMILES string of the molecule is CCN(CC)CCN(CC(C)C)C(=O)C(C)CCl. The Labute approximate surface area is 117 Å². The molecule has 0 aromatic carbocycles. The Morgan fingerprint density at radius 1 is 1.11 bits per heavy atom. The van der Waals surface area contributed by atoms with Crippen molar-refractivity contribution < 1.29 is 4.79 Å². The van der Waals surface area contributed by atoms with E-state index in [0.717, 1.165) is 32.7 Å². The minimum Gasteiger partial charge on any atom is -0.341 e. The van der Waals surface area contributed by atoms with Crippen molar-refractivity contribution in [1.82, 2.24) is 9.80 Å². The average Bonchev–Trinajstić information content (AvgIpc) is 2.36. The second-order valence-corrected chi connectivity index (χ2v) is 5.57. The molecule has 1 atom stereocenters. The summed E-state index contributed by atoms with van der Waals surface area (Å²) in [7, 11) is 0. The molecular formula is C14H29ClN2O. The lowest BCUT2D eigenvalue weighted by molar-refractivity contribution is -0.135. The van der Waals surface area contributed by atoms with Gasteiger partial charge in [0.2, 0.25) is 5.91 Å². The zero-order valence-electron chi connectivity index (χ0n) is 12.6. The van der Waals surface area contributed by atoms with Gasteiger partial charge in [0.15, 0.2) is 0 Å². The first-order chi connectivity index (χ1) is 8.46. The maximum absolute atomic E-state index is 12.2. The van der Waals surface area contributed by atoms with Crippen molar-refractivity contribution in [2.75, 3.05) is 38.6 Å². The molecule has 3 nitrogen and oxygen atoms in total. The summed E-state index contributed by atoms with van der Waals surface area (Å²) in [5, 5.41) is 0. The Bertz CT molecular complexity index is 230. The van der Waals surface area contributed by atoms with Crippen molar-refractivity contribution in [3.8, 4) is 0 Å². The lowest BCUT2D eigenvalue weighted by Crippen LogP contribution is -2.43. The highest BCUT2D eigenvalue weighted by Gasteiger charge is 2.20. The molecule has 0 aromatic rings. The lowest BCUT2D eigenvalue weighted by atomic mass is 10.1. The number of alkyl halides is 1. The predicted molar refractivity (Wildman–Crippen MR) is 79.1 cm³/mol. The van der Waals surface area contributed by atoms with Crippen LogP contribution in [0.15, 0.2) is 0 Å². The van der Waals surface area contributed by atoms with Crippen LogP contribution < -0.4 is 0 Å². The van der Waals surface area contributed by atoms with Crippen LogP contribution in [0.2, 0.25) is 0 Å². The molecule has 1 amide bonds. The topological polar surface area (TPSA) is 23.6 Å². The van der Waals surface area contributed by atoms with Gasteiger partial charge < -0.3 is 9.80 Å². The van der Waals surface area contributed by atoms with Gasteiger partial charge >= 0.3 is 0 Å². The van der Waals surface area contributed by atoms with Gasteiger partial charge in [-0.3, -0.25) is 4.79 Å². The van der Waals surface area contributed by atoms with Crippen LogP contribution in [-0.4, -0.2) is 54.3 Å². The molecule has 4 heteroatoms. The maximum Gasteiger partial charge on any atom is 0.226 e. The molecule has 0 heterocycles. The summed E-state index contributed by atoms with van der Waals surface area (Å²) in [5.74, 6) is 1.000. The third-order valence-electron chi connectivity index (χ3n) is 3.13. The van der Waals surface area contributed by atoms with Gasteiger partial charge in [-0.15, -0.1) is 11.6 Å². The molecule has 0 spiro atoms. The zero-order chi connectivity index (χ0) is 14.1. The van der Waals surface area contributed by atoms with Crippen molar-refractivity contribution in [3.63, 3.8) is 0 Å². The van der Waals surface area contributed by atoms with Crippen molar-refractivity contribution in [1.29, 1.82) is 0 Å². The van der Waals surface area contributed by atoms with Gasteiger partial charge in [-0.05, 0) is 19.0 Å². The molecule has 18 heavy (non-hydrogen) atoms. The van der Waals surface area contributed by atoms with Crippen LogP contribution in [0.5, 0.6) is 0 Å². The van der Waals surface area contributed by atoms with Crippen LogP contribution >= 0.6 is 11.6 Å². The minimum atomic E-state index is -0.0814. The van der Waals surface area contributed by atoms with Crippen LogP contribution in [-0.2, 0) is 4.79 Å². The van der Waals surface area contributed by atoms with Gasteiger partial charge in [0.05, 0.1) is 0 Å². The second kappa shape index (κ2) is 9.62. The van der Waals surface area contributed by atoms with Gasteiger partial charge in [0.25, 0.3) is 0 Å². The van der Waals surface area contributed by atoms with Crippen molar-refractivity contribution in [2.24, 2.45) is 11.8 Å².